The first-order valence-electron chi connectivity index (χ1n) is 5.91. The maximum atomic E-state index is 13.7. The zero-order chi connectivity index (χ0) is 12.3. The molecule has 0 atom stereocenters. The maximum Gasteiger partial charge on any atom is 0.168 e. The normalized spacial score (nSPS) is 16.4. The number of rotatable bonds is 4. The highest BCUT2D eigenvalue weighted by Crippen LogP contribution is 2.28. The Morgan fingerprint density at radius 1 is 1.35 bits per heavy atom. The van der Waals surface area contributed by atoms with Gasteiger partial charge in [-0.3, -0.25) is 0 Å². The molecule has 0 bridgehead atoms. The third-order valence-corrected chi connectivity index (χ3v) is 3.17. The number of hydrogen-bond acceptors (Lipinski definition) is 3. The van der Waals surface area contributed by atoms with Crippen molar-refractivity contribution in [3.05, 3.63) is 23.9 Å². The van der Waals surface area contributed by atoms with E-state index >= 15 is 0 Å². The summed E-state index contributed by atoms with van der Waals surface area (Å²) in [5.41, 5.74) is 0. The topological polar surface area (TPSA) is 36.4 Å². The van der Waals surface area contributed by atoms with E-state index in [-0.39, 0.29) is 18.5 Å². The fourth-order valence-corrected chi connectivity index (χ4v) is 2.40. The Morgan fingerprint density at radius 2 is 2.06 bits per heavy atom. The van der Waals surface area contributed by atoms with E-state index in [1.54, 1.807) is 4.90 Å². The van der Waals surface area contributed by atoms with Crippen molar-refractivity contribution in [2.24, 2.45) is 0 Å². The Morgan fingerprint density at radius 3 is 2.65 bits per heavy atom. The van der Waals surface area contributed by atoms with E-state index in [4.69, 9.17) is 5.11 Å². The molecular formula is C12H16F2N2O. The smallest absolute Gasteiger partial charge is 0.168 e. The highest BCUT2D eigenvalue weighted by Gasteiger charge is 2.25. The van der Waals surface area contributed by atoms with Crippen LogP contribution < -0.4 is 4.90 Å². The molecule has 0 aliphatic heterocycles. The summed E-state index contributed by atoms with van der Waals surface area (Å²) >= 11 is 0. The lowest BCUT2D eigenvalue weighted by molar-refractivity contribution is 0.296. The molecule has 1 aromatic heterocycles. The fourth-order valence-electron chi connectivity index (χ4n) is 2.40. The second kappa shape index (κ2) is 5.40. The first kappa shape index (κ1) is 12.2. The van der Waals surface area contributed by atoms with E-state index in [0.717, 1.165) is 37.9 Å². The van der Waals surface area contributed by atoms with Gasteiger partial charge in [0.2, 0.25) is 0 Å². The molecule has 17 heavy (non-hydrogen) atoms. The van der Waals surface area contributed by atoms with Crippen molar-refractivity contribution < 1.29 is 13.9 Å². The van der Waals surface area contributed by atoms with Crippen LogP contribution in [0.15, 0.2) is 12.3 Å². The molecule has 0 unspecified atom stereocenters. The highest BCUT2D eigenvalue weighted by atomic mass is 19.1. The summed E-state index contributed by atoms with van der Waals surface area (Å²) in [4.78, 5) is 5.56. The van der Waals surface area contributed by atoms with Gasteiger partial charge < -0.3 is 10.0 Å². The predicted octanol–water partition coefficient (Wildman–Crippen LogP) is 2.10. The number of anilines is 1. The fraction of sp³-hybridized carbons (Fsp3) is 0.583. The molecule has 1 fully saturated rings. The van der Waals surface area contributed by atoms with Gasteiger partial charge >= 0.3 is 0 Å². The number of halogens is 2. The van der Waals surface area contributed by atoms with E-state index in [1.165, 1.54) is 0 Å². The Labute approximate surface area is 99.1 Å². The number of nitrogens with zero attached hydrogens (tertiary/aromatic N) is 2. The average molecular weight is 242 g/mol. The van der Waals surface area contributed by atoms with Crippen LogP contribution in [-0.2, 0) is 0 Å². The van der Waals surface area contributed by atoms with E-state index in [9.17, 15) is 8.78 Å². The minimum atomic E-state index is -0.679. The van der Waals surface area contributed by atoms with E-state index in [2.05, 4.69) is 4.98 Å². The Kier molecular flexibility index (Phi) is 3.89. The van der Waals surface area contributed by atoms with Crippen molar-refractivity contribution in [1.82, 2.24) is 4.98 Å². The van der Waals surface area contributed by atoms with Gasteiger partial charge in [0.05, 0.1) is 12.8 Å². The minimum Gasteiger partial charge on any atom is -0.395 e. The quantitative estimate of drug-likeness (QED) is 0.878. The van der Waals surface area contributed by atoms with Crippen LogP contribution in [-0.4, -0.2) is 29.3 Å². The number of pyridine rings is 1. The molecule has 1 aliphatic rings. The molecule has 2 rings (SSSR count). The van der Waals surface area contributed by atoms with E-state index in [0.29, 0.717) is 6.54 Å². The minimum absolute atomic E-state index is 0.0605. The molecule has 0 aromatic carbocycles. The van der Waals surface area contributed by atoms with Gasteiger partial charge in [-0.25, -0.2) is 13.8 Å². The molecule has 3 nitrogen and oxygen atoms in total. The van der Waals surface area contributed by atoms with Gasteiger partial charge in [-0.15, -0.1) is 0 Å². The maximum absolute atomic E-state index is 13.7. The summed E-state index contributed by atoms with van der Waals surface area (Å²) in [6.07, 6.45) is 5.17. The second-order valence-corrected chi connectivity index (χ2v) is 4.31. The Bertz CT molecular complexity index is 381. The van der Waals surface area contributed by atoms with Gasteiger partial charge in [-0.05, 0) is 12.8 Å². The van der Waals surface area contributed by atoms with E-state index in [1.807, 2.05) is 0 Å². The number of hydrogen-bond donors (Lipinski definition) is 1. The van der Waals surface area contributed by atoms with Gasteiger partial charge in [-0.1, -0.05) is 12.8 Å². The van der Waals surface area contributed by atoms with Gasteiger partial charge in [0.1, 0.15) is 5.82 Å². The van der Waals surface area contributed by atoms with Crippen LogP contribution in [0.5, 0.6) is 0 Å². The molecule has 5 heteroatoms. The molecule has 1 saturated carbocycles. The number of aliphatic hydroxyl groups is 1. The molecular weight excluding hydrogens is 226 g/mol. The number of aromatic nitrogens is 1. The van der Waals surface area contributed by atoms with Crippen molar-refractivity contribution in [2.75, 3.05) is 18.1 Å². The van der Waals surface area contributed by atoms with Gasteiger partial charge in [-0.2, -0.15) is 0 Å². The van der Waals surface area contributed by atoms with Crippen LogP contribution in [0.3, 0.4) is 0 Å². The van der Waals surface area contributed by atoms with Gasteiger partial charge in [0, 0.05) is 18.7 Å². The van der Waals surface area contributed by atoms with Crippen molar-refractivity contribution in [3.8, 4) is 0 Å². The zero-order valence-corrected chi connectivity index (χ0v) is 9.57. The molecule has 0 radical (unpaired) electrons. The molecule has 1 N–H and O–H groups in total. The van der Waals surface area contributed by atoms with Crippen LogP contribution in [0.4, 0.5) is 14.6 Å². The monoisotopic (exact) mass is 242 g/mol. The largest absolute Gasteiger partial charge is 0.395 e. The summed E-state index contributed by atoms with van der Waals surface area (Å²) < 4.78 is 26.5. The van der Waals surface area contributed by atoms with Gasteiger partial charge in [0.15, 0.2) is 11.6 Å². The molecule has 1 heterocycles. The first-order chi connectivity index (χ1) is 8.22. The zero-order valence-electron chi connectivity index (χ0n) is 9.57. The molecule has 1 aromatic rings. The van der Waals surface area contributed by atoms with Crippen molar-refractivity contribution in [2.45, 2.75) is 31.7 Å². The van der Waals surface area contributed by atoms with E-state index < -0.39 is 11.6 Å². The van der Waals surface area contributed by atoms with Crippen LogP contribution in [0.1, 0.15) is 25.7 Å². The van der Waals surface area contributed by atoms with Crippen molar-refractivity contribution >= 4 is 5.82 Å². The average Bonchev–Trinajstić information content (AvgIpc) is 2.80. The lowest BCUT2D eigenvalue weighted by Gasteiger charge is -2.29. The lowest BCUT2D eigenvalue weighted by atomic mass is 10.2. The third-order valence-electron chi connectivity index (χ3n) is 3.17. The first-order valence-corrected chi connectivity index (χ1v) is 5.91. The summed E-state index contributed by atoms with van der Waals surface area (Å²) in [6.45, 7) is 0.273. The lowest BCUT2D eigenvalue weighted by Crippen LogP contribution is -2.37. The SMILES string of the molecule is OCCN(c1ncc(F)cc1F)C1CCCC1. The second-order valence-electron chi connectivity index (χ2n) is 4.31. The predicted molar refractivity (Wildman–Crippen MR) is 60.8 cm³/mol. The van der Waals surface area contributed by atoms with Crippen LogP contribution in [0, 0.1) is 11.6 Å². The van der Waals surface area contributed by atoms with Crippen molar-refractivity contribution in [3.63, 3.8) is 0 Å². The van der Waals surface area contributed by atoms with Crippen LogP contribution in [0.25, 0.3) is 0 Å². The number of aliphatic hydroxyl groups excluding tert-OH is 1. The molecule has 94 valence electrons. The Hall–Kier alpha value is -1.23. The summed E-state index contributed by atoms with van der Waals surface area (Å²) in [5.74, 6) is -1.20. The summed E-state index contributed by atoms with van der Waals surface area (Å²) in [5, 5.41) is 9.04. The molecule has 1 aliphatic carbocycles. The van der Waals surface area contributed by atoms with Crippen molar-refractivity contribution in [1.29, 1.82) is 0 Å². The van der Waals surface area contributed by atoms with Crippen LogP contribution >= 0.6 is 0 Å². The molecule has 0 amide bonds. The highest BCUT2D eigenvalue weighted by molar-refractivity contribution is 5.41. The van der Waals surface area contributed by atoms with Gasteiger partial charge in [0.25, 0.3) is 0 Å². The summed E-state index contributed by atoms with van der Waals surface area (Å²) in [7, 11) is 0. The standard InChI is InChI=1S/C12H16F2N2O/c13-9-7-11(14)12(15-8-9)16(5-6-17)10-3-1-2-4-10/h7-8,10,17H,1-6H2. The Balaban J connectivity index is 2.24. The summed E-state index contributed by atoms with van der Waals surface area (Å²) in [6, 6.07) is 1.04. The molecule has 0 spiro atoms. The third kappa shape index (κ3) is 2.72. The molecule has 0 saturated heterocycles. The van der Waals surface area contributed by atoms with Crippen LogP contribution in [0.2, 0.25) is 0 Å².